The van der Waals surface area contributed by atoms with Gasteiger partial charge in [0.05, 0.1) is 17.8 Å². The lowest BCUT2D eigenvalue weighted by Crippen LogP contribution is -2.45. The number of ether oxygens (including phenoxy) is 1. The Morgan fingerprint density at radius 1 is 1.12 bits per heavy atom. The highest BCUT2D eigenvalue weighted by Gasteiger charge is 2.23. The Hall–Kier alpha value is -1.62. The van der Waals surface area contributed by atoms with Crippen molar-refractivity contribution < 1.29 is 9.53 Å². The molecule has 0 unspecified atom stereocenters. The van der Waals surface area contributed by atoms with Crippen molar-refractivity contribution in [2.24, 2.45) is 5.92 Å². The van der Waals surface area contributed by atoms with Gasteiger partial charge in [-0.25, -0.2) is 4.98 Å². The first-order chi connectivity index (χ1) is 12.6. The number of anilines is 1. The first-order valence-electron chi connectivity index (χ1n) is 10.3. The predicted octanol–water partition coefficient (Wildman–Crippen LogP) is 3.79. The fourth-order valence-electron chi connectivity index (χ4n) is 4.16. The van der Waals surface area contributed by atoms with Crippen LogP contribution in [0.3, 0.4) is 0 Å². The molecule has 1 N–H and O–H groups in total. The number of rotatable bonds is 4. The molecule has 2 heterocycles. The molecular weight excluding hydrogens is 326 g/mol. The van der Waals surface area contributed by atoms with Gasteiger partial charge in [0, 0.05) is 25.8 Å². The normalized spacial score (nSPS) is 25.4. The van der Waals surface area contributed by atoms with Crippen molar-refractivity contribution in [1.29, 1.82) is 0 Å². The number of carbonyl (C=O) groups excluding carboxylic acids is 1. The number of carbonyl (C=O) groups is 1. The van der Waals surface area contributed by atoms with Gasteiger partial charge in [-0.05, 0) is 44.7 Å². The highest BCUT2D eigenvalue weighted by Crippen LogP contribution is 2.22. The Labute approximate surface area is 157 Å². The van der Waals surface area contributed by atoms with E-state index in [1.54, 1.807) is 6.20 Å². The second-order valence-electron chi connectivity index (χ2n) is 7.99. The Morgan fingerprint density at radius 2 is 1.77 bits per heavy atom. The molecule has 5 nitrogen and oxygen atoms in total. The van der Waals surface area contributed by atoms with Crippen molar-refractivity contribution in [3.8, 4) is 0 Å². The molecule has 1 saturated carbocycles. The number of morpholine rings is 1. The summed E-state index contributed by atoms with van der Waals surface area (Å²) in [6.45, 7) is 6.63. The summed E-state index contributed by atoms with van der Waals surface area (Å²) < 4.78 is 5.77. The summed E-state index contributed by atoms with van der Waals surface area (Å²) >= 11 is 0. The third-order valence-electron chi connectivity index (χ3n) is 5.53. The molecule has 2 atom stereocenters. The molecule has 1 aromatic rings. The minimum Gasteiger partial charge on any atom is -0.372 e. The number of pyridine rings is 1. The molecule has 0 radical (unpaired) electrons. The van der Waals surface area contributed by atoms with Crippen molar-refractivity contribution in [2.75, 3.05) is 24.5 Å². The summed E-state index contributed by atoms with van der Waals surface area (Å²) in [5.74, 6) is 1.54. The third kappa shape index (κ3) is 5.44. The Bertz CT molecular complexity index is 557. The van der Waals surface area contributed by atoms with Crippen molar-refractivity contribution in [3.63, 3.8) is 0 Å². The summed E-state index contributed by atoms with van der Waals surface area (Å²) in [6, 6.07) is 3.84. The Balaban J connectivity index is 1.51. The maximum Gasteiger partial charge on any atom is 0.252 e. The van der Waals surface area contributed by atoms with E-state index in [0.29, 0.717) is 11.5 Å². The lowest BCUT2D eigenvalue weighted by molar-refractivity contribution is -0.00546. The van der Waals surface area contributed by atoms with E-state index in [1.165, 1.54) is 44.9 Å². The second-order valence-corrected chi connectivity index (χ2v) is 7.99. The van der Waals surface area contributed by atoms with E-state index < -0.39 is 0 Å². The number of hydrogen-bond acceptors (Lipinski definition) is 4. The van der Waals surface area contributed by atoms with Crippen LogP contribution in [-0.2, 0) is 4.74 Å². The minimum absolute atomic E-state index is 0.00479. The molecule has 0 aromatic carbocycles. The van der Waals surface area contributed by atoms with Crippen LogP contribution in [0.1, 0.15) is 69.2 Å². The largest absolute Gasteiger partial charge is 0.372 e. The minimum atomic E-state index is -0.00479. The molecule has 1 aliphatic heterocycles. The average molecular weight is 360 g/mol. The lowest BCUT2D eigenvalue weighted by Gasteiger charge is -2.36. The topological polar surface area (TPSA) is 54.5 Å². The predicted molar refractivity (Wildman–Crippen MR) is 105 cm³/mol. The lowest BCUT2D eigenvalue weighted by atomic mass is 9.91. The van der Waals surface area contributed by atoms with E-state index in [0.717, 1.165) is 25.5 Å². The highest BCUT2D eigenvalue weighted by atomic mass is 16.5. The third-order valence-corrected chi connectivity index (χ3v) is 5.53. The smallest absolute Gasteiger partial charge is 0.252 e. The zero-order valence-corrected chi connectivity index (χ0v) is 16.2. The highest BCUT2D eigenvalue weighted by molar-refractivity contribution is 5.94. The van der Waals surface area contributed by atoms with Crippen LogP contribution in [0.4, 0.5) is 5.82 Å². The van der Waals surface area contributed by atoms with E-state index in [4.69, 9.17) is 4.74 Å². The quantitative estimate of drug-likeness (QED) is 0.889. The molecule has 2 fully saturated rings. The fourth-order valence-corrected chi connectivity index (χ4v) is 4.16. The summed E-state index contributed by atoms with van der Waals surface area (Å²) in [7, 11) is 0. The van der Waals surface area contributed by atoms with E-state index >= 15 is 0 Å². The van der Waals surface area contributed by atoms with Gasteiger partial charge < -0.3 is 15.0 Å². The van der Waals surface area contributed by atoms with Gasteiger partial charge in [-0.15, -0.1) is 0 Å². The first-order valence-corrected chi connectivity index (χ1v) is 10.3. The van der Waals surface area contributed by atoms with Gasteiger partial charge in [0.2, 0.25) is 0 Å². The molecule has 26 heavy (non-hydrogen) atoms. The maximum absolute atomic E-state index is 12.4. The maximum atomic E-state index is 12.4. The SMILES string of the molecule is C[C@H]1CN(c2ccc(C(=O)NCC3CCCCCCC3)cn2)C[C@H](C)O1. The van der Waals surface area contributed by atoms with Crippen LogP contribution >= 0.6 is 0 Å². The van der Waals surface area contributed by atoms with E-state index in [9.17, 15) is 4.79 Å². The van der Waals surface area contributed by atoms with Crippen molar-refractivity contribution in [2.45, 2.75) is 71.0 Å². The second kappa shape index (κ2) is 9.36. The van der Waals surface area contributed by atoms with E-state index in [2.05, 4.69) is 29.0 Å². The zero-order valence-electron chi connectivity index (χ0n) is 16.2. The molecule has 5 heteroatoms. The number of amides is 1. The van der Waals surface area contributed by atoms with Crippen LogP contribution in [0, 0.1) is 5.92 Å². The molecule has 144 valence electrons. The Morgan fingerprint density at radius 3 is 2.38 bits per heavy atom. The summed E-state index contributed by atoms with van der Waals surface area (Å²) in [4.78, 5) is 19.2. The van der Waals surface area contributed by atoms with Crippen LogP contribution in [0.5, 0.6) is 0 Å². The molecule has 1 amide bonds. The number of nitrogens with zero attached hydrogens (tertiary/aromatic N) is 2. The van der Waals surface area contributed by atoms with Crippen LogP contribution < -0.4 is 10.2 Å². The standard InChI is InChI=1S/C21H33N3O2/c1-16-14-24(15-17(2)26-16)20-11-10-19(13-22-20)21(25)23-12-18-8-6-4-3-5-7-9-18/h10-11,13,16-18H,3-9,12,14-15H2,1-2H3,(H,23,25)/t16-,17-/m0/s1. The molecular formula is C21H33N3O2. The molecule has 0 bridgehead atoms. The summed E-state index contributed by atoms with van der Waals surface area (Å²) in [6.07, 6.45) is 11.2. The van der Waals surface area contributed by atoms with E-state index in [-0.39, 0.29) is 18.1 Å². The number of aromatic nitrogens is 1. The van der Waals surface area contributed by atoms with Crippen LogP contribution in [0.2, 0.25) is 0 Å². The summed E-state index contributed by atoms with van der Waals surface area (Å²) in [5, 5.41) is 3.12. The van der Waals surface area contributed by atoms with Gasteiger partial charge in [0.25, 0.3) is 5.91 Å². The van der Waals surface area contributed by atoms with Crippen molar-refractivity contribution in [3.05, 3.63) is 23.9 Å². The van der Waals surface area contributed by atoms with Crippen LogP contribution in [-0.4, -0.2) is 42.7 Å². The molecule has 0 spiro atoms. The average Bonchev–Trinajstić information content (AvgIpc) is 2.60. The number of nitrogens with one attached hydrogen (secondary N) is 1. The first kappa shape index (κ1) is 19.2. The van der Waals surface area contributed by atoms with Crippen LogP contribution in [0.25, 0.3) is 0 Å². The van der Waals surface area contributed by atoms with Gasteiger partial charge in [0.1, 0.15) is 5.82 Å². The van der Waals surface area contributed by atoms with Crippen molar-refractivity contribution >= 4 is 11.7 Å². The fraction of sp³-hybridized carbons (Fsp3) is 0.714. The van der Waals surface area contributed by atoms with Gasteiger partial charge in [-0.3, -0.25) is 4.79 Å². The number of hydrogen-bond donors (Lipinski definition) is 1. The van der Waals surface area contributed by atoms with Gasteiger partial charge >= 0.3 is 0 Å². The molecule has 1 aromatic heterocycles. The summed E-state index contributed by atoms with van der Waals surface area (Å²) in [5.41, 5.74) is 0.647. The van der Waals surface area contributed by atoms with E-state index in [1.807, 2.05) is 12.1 Å². The van der Waals surface area contributed by atoms with Gasteiger partial charge in [-0.2, -0.15) is 0 Å². The van der Waals surface area contributed by atoms with Gasteiger partial charge in [-0.1, -0.05) is 32.1 Å². The molecule has 1 saturated heterocycles. The van der Waals surface area contributed by atoms with Crippen LogP contribution in [0.15, 0.2) is 18.3 Å². The monoisotopic (exact) mass is 359 g/mol. The molecule has 2 aliphatic rings. The molecule has 3 rings (SSSR count). The Kier molecular flexibility index (Phi) is 6.89. The van der Waals surface area contributed by atoms with Gasteiger partial charge in [0.15, 0.2) is 0 Å². The molecule has 1 aliphatic carbocycles. The van der Waals surface area contributed by atoms with Crippen molar-refractivity contribution in [1.82, 2.24) is 10.3 Å². The zero-order chi connectivity index (χ0) is 18.4.